The maximum atomic E-state index is 11.9. The number of hydrogen-bond acceptors (Lipinski definition) is 3. The number of benzene rings is 1. The molecular weight excluding hydrogens is 258 g/mol. The highest BCUT2D eigenvalue weighted by molar-refractivity contribution is 5.78. The Hall–Kier alpha value is -1.88. The summed E-state index contributed by atoms with van der Waals surface area (Å²) in [5, 5.41) is 21.5. The molecule has 3 N–H and O–H groups in total. The van der Waals surface area contributed by atoms with Crippen LogP contribution in [0.4, 0.5) is 0 Å². The van der Waals surface area contributed by atoms with E-state index in [4.69, 9.17) is 5.11 Å². The number of carbonyl (C=O) groups excluding carboxylic acids is 1. The number of carboxylic acid groups (broad SMARTS) is 1. The first-order chi connectivity index (χ1) is 9.47. The molecule has 1 aromatic carbocycles. The smallest absolute Gasteiger partial charge is 0.303 e. The van der Waals surface area contributed by atoms with Gasteiger partial charge < -0.3 is 15.5 Å². The number of hydrogen-bond donors (Lipinski definition) is 3. The van der Waals surface area contributed by atoms with Crippen LogP contribution in [0.3, 0.4) is 0 Å². The lowest BCUT2D eigenvalue weighted by atomic mass is 10.0. The monoisotopic (exact) mass is 277 g/mol. The van der Waals surface area contributed by atoms with Crippen LogP contribution in [0, 0.1) is 5.92 Å². The summed E-state index contributed by atoms with van der Waals surface area (Å²) >= 11 is 0. The topological polar surface area (TPSA) is 86.6 Å². The SMILES string of the molecule is CC(CC(=O)O)CC(=O)N[C@H]1c2ccccc2C[C@H]1O. The van der Waals surface area contributed by atoms with E-state index < -0.39 is 18.1 Å². The molecule has 1 aromatic rings. The van der Waals surface area contributed by atoms with Crippen molar-refractivity contribution in [3.05, 3.63) is 35.4 Å². The van der Waals surface area contributed by atoms with Crippen LogP contribution in [0.5, 0.6) is 0 Å². The first-order valence-electron chi connectivity index (χ1n) is 6.74. The lowest BCUT2D eigenvalue weighted by molar-refractivity contribution is -0.138. The minimum atomic E-state index is -0.906. The first kappa shape index (κ1) is 14.5. The van der Waals surface area contributed by atoms with E-state index in [2.05, 4.69) is 5.32 Å². The molecule has 20 heavy (non-hydrogen) atoms. The van der Waals surface area contributed by atoms with Crippen LogP contribution in [0.1, 0.15) is 36.9 Å². The van der Waals surface area contributed by atoms with E-state index in [0.29, 0.717) is 6.42 Å². The summed E-state index contributed by atoms with van der Waals surface area (Å²) in [5.74, 6) is -1.35. The second kappa shape index (κ2) is 6.05. The zero-order valence-corrected chi connectivity index (χ0v) is 11.4. The van der Waals surface area contributed by atoms with Crippen molar-refractivity contribution in [1.82, 2.24) is 5.32 Å². The summed E-state index contributed by atoms with van der Waals surface area (Å²) in [7, 11) is 0. The third-order valence-electron chi connectivity index (χ3n) is 3.58. The minimum Gasteiger partial charge on any atom is -0.481 e. The molecule has 0 radical (unpaired) electrons. The van der Waals surface area contributed by atoms with Gasteiger partial charge in [-0.1, -0.05) is 31.2 Å². The van der Waals surface area contributed by atoms with E-state index >= 15 is 0 Å². The number of aliphatic hydroxyl groups is 1. The average molecular weight is 277 g/mol. The van der Waals surface area contributed by atoms with Gasteiger partial charge in [0.1, 0.15) is 0 Å². The van der Waals surface area contributed by atoms with E-state index in [9.17, 15) is 14.7 Å². The highest BCUT2D eigenvalue weighted by Gasteiger charge is 2.31. The molecule has 2 rings (SSSR count). The molecule has 0 saturated carbocycles. The van der Waals surface area contributed by atoms with E-state index in [1.807, 2.05) is 24.3 Å². The molecule has 0 heterocycles. The Bertz CT molecular complexity index is 514. The van der Waals surface area contributed by atoms with Crippen molar-refractivity contribution in [2.45, 2.75) is 38.3 Å². The van der Waals surface area contributed by atoms with Gasteiger partial charge in [0.25, 0.3) is 0 Å². The van der Waals surface area contributed by atoms with Crippen LogP contribution in [-0.4, -0.2) is 28.2 Å². The molecule has 5 nitrogen and oxygen atoms in total. The molecule has 0 saturated heterocycles. The van der Waals surface area contributed by atoms with E-state index in [1.165, 1.54) is 0 Å². The van der Waals surface area contributed by atoms with Crippen LogP contribution < -0.4 is 5.32 Å². The van der Waals surface area contributed by atoms with Gasteiger partial charge in [-0.25, -0.2) is 0 Å². The van der Waals surface area contributed by atoms with Gasteiger partial charge in [0.05, 0.1) is 12.1 Å². The summed E-state index contributed by atoms with van der Waals surface area (Å²) in [6, 6.07) is 7.23. The van der Waals surface area contributed by atoms with Gasteiger partial charge in [-0.05, 0) is 17.0 Å². The summed E-state index contributed by atoms with van der Waals surface area (Å²) < 4.78 is 0. The van der Waals surface area contributed by atoms with Crippen LogP contribution >= 0.6 is 0 Å². The van der Waals surface area contributed by atoms with Gasteiger partial charge in [-0.15, -0.1) is 0 Å². The minimum absolute atomic E-state index is 0.0305. The maximum Gasteiger partial charge on any atom is 0.303 e. The van der Waals surface area contributed by atoms with E-state index in [1.54, 1.807) is 6.92 Å². The summed E-state index contributed by atoms with van der Waals surface area (Å²) in [6.07, 6.45) is 0.0342. The van der Waals surface area contributed by atoms with E-state index in [0.717, 1.165) is 11.1 Å². The highest BCUT2D eigenvalue weighted by Crippen LogP contribution is 2.31. The number of aliphatic carboxylic acids is 1. The molecular formula is C15H19NO4. The fourth-order valence-electron chi connectivity index (χ4n) is 2.67. The predicted octanol–water partition coefficient (Wildman–Crippen LogP) is 1.26. The number of amides is 1. The quantitative estimate of drug-likeness (QED) is 0.756. The van der Waals surface area contributed by atoms with Crippen molar-refractivity contribution in [2.24, 2.45) is 5.92 Å². The normalized spacial score (nSPS) is 22.1. The molecule has 0 fully saturated rings. The van der Waals surface area contributed by atoms with Crippen molar-refractivity contribution in [3.8, 4) is 0 Å². The van der Waals surface area contributed by atoms with Crippen LogP contribution in [-0.2, 0) is 16.0 Å². The third-order valence-corrected chi connectivity index (χ3v) is 3.58. The zero-order valence-electron chi connectivity index (χ0n) is 11.4. The number of carboxylic acids is 1. The van der Waals surface area contributed by atoms with Gasteiger partial charge in [0.15, 0.2) is 0 Å². The van der Waals surface area contributed by atoms with Crippen molar-refractivity contribution >= 4 is 11.9 Å². The van der Waals surface area contributed by atoms with Gasteiger partial charge in [0, 0.05) is 19.3 Å². The summed E-state index contributed by atoms with van der Waals surface area (Å²) in [5.41, 5.74) is 1.99. The van der Waals surface area contributed by atoms with Crippen molar-refractivity contribution in [2.75, 3.05) is 0 Å². The Morgan fingerprint density at radius 3 is 2.75 bits per heavy atom. The Morgan fingerprint density at radius 1 is 1.35 bits per heavy atom. The van der Waals surface area contributed by atoms with Gasteiger partial charge >= 0.3 is 5.97 Å². The first-order valence-corrected chi connectivity index (χ1v) is 6.74. The lowest BCUT2D eigenvalue weighted by Crippen LogP contribution is -2.34. The average Bonchev–Trinajstić information content (AvgIpc) is 2.65. The predicted molar refractivity (Wildman–Crippen MR) is 73.1 cm³/mol. The fourth-order valence-corrected chi connectivity index (χ4v) is 2.67. The summed E-state index contributed by atoms with van der Waals surface area (Å²) in [6.45, 7) is 1.73. The fraction of sp³-hybridized carbons (Fsp3) is 0.467. The van der Waals surface area contributed by atoms with Crippen LogP contribution in [0.2, 0.25) is 0 Å². The highest BCUT2D eigenvalue weighted by atomic mass is 16.4. The number of fused-ring (bicyclic) bond motifs is 1. The second-order valence-electron chi connectivity index (χ2n) is 5.42. The molecule has 1 aliphatic carbocycles. The second-order valence-corrected chi connectivity index (χ2v) is 5.42. The van der Waals surface area contributed by atoms with Crippen molar-refractivity contribution < 1.29 is 19.8 Å². The third kappa shape index (κ3) is 3.36. The molecule has 0 bridgehead atoms. The number of aliphatic hydroxyl groups excluding tert-OH is 1. The van der Waals surface area contributed by atoms with Gasteiger partial charge in [0.2, 0.25) is 5.91 Å². The standard InChI is InChI=1S/C15H19NO4/c1-9(7-14(19)20)6-13(18)16-15-11-5-3-2-4-10(11)8-12(15)17/h2-5,9,12,15,17H,6-8H2,1H3,(H,16,18)(H,19,20)/t9?,12-,15+/m1/s1. The Balaban J connectivity index is 1.96. The zero-order chi connectivity index (χ0) is 14.7. The lowest BCUT2D eigenvalue weighted by Gasteiger charge is -2.19. The number of carbonyl (C=O) groups is 2. The molecule has 3 atom stereocenters. The van der Waals surface area contributed by atoms with Crippen LogP contribution in [0.15, 0.2) is 24.3 Å². The summed E-state index contributed by atoms with van der Waals surface area (Å²) in [4.78, 5) is 22.5. The number of nitrogens with one attached hydrogen (secondary N) is 1. The Morgan fingerprint density at radius 2 is 2.05 bits per heavy atom. The largest absolute Gasteiger partial charge is 0.481 e. The molecule has 0 aliphatic heterocycles. The molecule has 0 spiro atoms. The molecule has 1 unspecified atom stereocenters. The molecule has 5 heteroatoms. The van der Waals surface area contributed by atoms with Crippen molar-refractivity contribution in [3.63, 3.8) is 0 Å². The van der Waals surface area contributed by atoms with Crippen LogP contribution in [0.25, 0.3) is 0 Å². The van der Waals surface area contributed by atoms with Gasteiger partial charge in [-0.3, -0.25) is 9.59 Å². The van der Waals surface area contributed by atoms with E-state index in [-0.39, 0.29) is 24.7 Å². The molecule has 1 aliphatic rings. The number of rotatable bonds is 5. The van der Waals surface area contributed by atoms with Gasteiger partial charge in [-0.2, -0.15) is 0 Å². The Labute approximate surface area is 117 Å². The molecule has 108 valence electrons. The molecule has 1 amide bonds. The maximum absolute atomic E-state index is 11.9. The van der Waals surface area contributed by atoms with Crippen molar-refractivity contribution in [1.29, 1.82) is 0 Å². The molecule has 0 aromatic heterocycles. The Kier molecular flexibility index (Phi) is 4.39.